The van der Waals surface area contributed by atoms with Gasteiger partial charge in [-0.3, -0.25) is 0 Å². The number of hydrogen-bond donors (Lipinski definition) is 1. The Labute approximate surface area is 96.8 Å². The highest BCUT2D eigenvalue weighted by Gasteiger charge is 2.07. The monoisotopic (exact) mass is 317 g/mol. The molecule has 72 valence electrons. The molecule has 0 aliphatic carbocycles. The van der Waals surface area contributed by atoms with E-state index in [1.54, 1.807) is 18.3 Å². The lowest BCUT2D eigenvalue weighted by atomic mass is 10.4. The summed E-state index contributed by atoms with van der Waals surface area (Å²) < 4.78 is 6.59. The second-order valence-corrected chi connectivity index (χ2v) is 4.17. The van der Waals surface area contributed by atoms with Gasteiger partial charge < -0.3 is 10.2 Å². The number of nitrogen functional groups attached to an aromatic ring is 1. The molecule has 0 unspecified atom stereocenters. The van der Waals surface area contributed by atoms with Crippen LogP contribution in [0.1, 0.15) is 0 Å². The first kappa shape index (κ1) is 9.67. The van der Waals surface area contributed by atoms with Gasteiger partial charge in [-0.2, -0.15) is 0 Å². The van der Waals surface area contributed by atoms with Gasteiger partial charge in [-0.1, -0.05) is 0 Å². The normalized spacial score (nSPS) is 10.4. The van der Waals surface area contributed by atoms with Gasteiger partial charge in [0.05, 0.1) is 4.47 Å². The molecule has 2 aromatic rings. The standard InChI is InChI=1S/C8H5Br2N3O/c9-4-3-12-8(13-7(4)11)5-1-2-6(10)14-5/h1-3H,(H2,11,12,13). The third-order valence-corrected chi connectivity index (χ3v) is 2.60. The highest BCUT2D eigenvalue weighted by molar-refractivity contribution is 9.10. The third kappa shape index (κ3) is 1.80. The molecule has 6 heteroatoms. The van der Waals surface area contributed by atoms with Crippen LogP contribution in [0.4, 0.5) is 5.82 Å². The Morgan fingerprint density at radius 3 is 2.64 bits per heavy atom. The minimum Gasteiger partial charge on any atom is -0.446 e. The molecule has 2 N–H and O–H groups in total. The quantitative estimate of drug-likeness (QED) is 0.878. The van der Waals surface area contributed by atoms with Gasteiger partial charge in [-0.25, -0.2) is 9.97 Å². The molecule has 2 rings (SSSR count). The topological polar surface area (TPSA) is 64.9 Å². The molecular formula is C8H5Br2N3O. The maximum absolute atomic E-state index is 5.61. The van der Waals surface area contributed by atoms with Gasteiger partial charge in [-0.15, -0.1) is 0 Å². The first-order valence-corrected chi connectivity index (χ1v) is 5.29. The number of aromatic nitrogens is 2. The average Bonchev–Trinajstić information content (AvgIpc) is 2.57. The van der Waals surface area contributed by atoms with E-state index in [9.17, 15) is 0 Å². The van der Waals surface area contributed by atoms with Gasteiger partial charge in [0.25, 0.3) is 0 Å². The number of hydrogen-bond acceptors (Lipinski definition) is 4. The number of nitrogens with two attached hydrogens (primary N) is 1. The van der Waals surface area contributed by atoms with E-state index in [0.717, 1.165) is 0 Å². The second-order valence-electron chi connectivity index (χ2n) is 2.53. The Morgan fingerprint density at radius 1 is 1.29 bits per heavy atom. The Morgan fingerprint density at radius 2 is 2.07 bits per heavy atom. The van der Waals surface area contributed by atoms with Crippen molar-refractivity contribution < 1.29 is 4.42 Å². The molecule has 0 aliphatic rings. The Hall–Kier alpha value is -0.880. The smallest absolute Gasteiger partial charge is 0.197 e. The molecule has 0 fully saturated rings. The van der Waals surface area contributed by atoms with Crippen molar-refractivity contribution in [3.05, 3.63) is 27.5 Å². The van der Waals surface area contributed by atoms with Crippen LogP contribution in [-0.4, -0.2) is 9.97 Å². The van der Waals surface area contributed by atoms with Crippen molar-refractivity contribution in [1.29, 1.82) is 0 Å². The van der Waals surface area contributed by atoms with Crippen LogP contribution in [0.2, 0.25) is 0 Å². The molecule has 0 bridgehead atoms. The zero-order valence-corrected chi connectivity index (χ0v) is 10.0. The number of nitrogens with zero attached hydrogens (tertiary/aromatic N) is 2. The van der Waals surface area contributed by atoms with Crippen LogP contribution in [0.25, 0.3) is 11.6 Å². The summed E-state index contributed by atoms with van der Waals surface area (Å²) in [6.07, 6.45) is 1.59. The van der Waals surface area contributed by atoms with Crippen LogP contribution in [-0.2, 0) is 0 Å². The first-order chi connectivity index (χ1) is 6.66. The van der Waals surface area contributed by atoms with E-state index in [4.69, 9.17) is 10.2 Å². The molecule has 2 heterocycles. The maximum atomic E-state index is 5.61. The summed E-state index contributed by atoms with van der Waals surface area (Å²) in [7, 11) is 0. The van der Waals surface area contributed by atoms with Crippen molar-refractivity contribution in [3.8, 4) is 11.6 Å². The molecule has 0 amide bonds. The molecular weight excluding hydrogens is 314 g/mol. The Balaban J connectivity index is 2.47. The molecule has 0 spiro atoms. The Kier molecular flexibility index (Phi) is 2.56. The SMILES string of the molecule is Nc1nc(-c2ccc(Br)o2)ncc1Br. The van der Waals surface area contributed by atoms with Crippen molar-refractivity contribution in [2.75, 3.05) is 5.73 Å². The summed E-state index contributed by atoms with van der Waals surface area (Å²) in [5.41, 5.74) is 5.61. The van der Waals surface area contributed by atoms with Crippen LogP contribution in [0, 0.1) is 0 Å². The van der Waals surface area contributed by atoms with Crippen LogP contribution >= 0.6 is 31.9 Å². The fourth-order valence-electron chi connectivity index (χ4n) is 0.934. The van der Waals surface area contributed by atoms with Crippen LogP contribution in [0.3, 0.4) is 0 Å². The summed E-state index contributed by atoms with van der Waals surface area (Å²) in [6.45, 7) is 0. The predicted octanol–water partition coefficient (Wildman–Crippen LogP) is 2.84. The molecule has 0 atom stereocenters. The summed E-state index contributed by atoms with van der Waals surface area (Å²) in [5.74, 6) is 1.44. The van der Waals surface area contributed by atoms with Gasteiger partial charge in [0.15, 0.2) is 16.3 Å². The number of furan rings is 1. The minimum atomic E-state index is 0.391. The zero-order valence-electron chi connectivity index (χ0n) is 6.87. The van der Waals surface area contributed by atoms with Crippen molar-refractivity contribution in [2.24, 2.45) is 0 Å². The molecule has 2 aromatic heterocycles. The molecule has 14 heavy (non-hydrogen) atoms. The summed E-state index contributed by atoms with van der Waals surface area (Å²) in [6, 6.07) is 3.55. The van der Waals surface area contributed by atoms with Gasteiger partial charge >= 0.3 is 0 Å². The van der Waals surface area contributed by atoms with Crippen LogP contribution in [0.5, 0.6) is 0 Å². The minimum absolute atomic E-state index is 0.391. The lowest BCUT2D eigenvalue weighted by Crippen LogP contribution is -1.95. The fourth-order valence-corrected chi connectivity index (χ4v) is 1.43. The molecule has 0 aromatic carbocycles. The van der Waals surface area contributed by atoms with E-state index in [0.29, 0.717) is 26.5 Å². The van der Waals surface area contributed by atoms with Gasteiger partial charge in [0.1, 0.15) is 5.82 Å². The van der Waals surface area contributed by atoms with E-state index in [1.807, 2.05) is 0 Å². The van der Waals surface area contributed by atoms with Crippen molar-refractivity contribution in [1.82, 2.24) is 9.97 Å². The van der Waals surface area contributed by atoms with Gasteiger partial charge in [0, 0.05) is 6.20 Å². The van der Waals surface area contributed by atoms with Crippen molar-refractivity contribution in [3.63, 3.8) is 0 Å². The number of halogens is 2. The van der Waals surface area contributed by atoms with E-state index in [1.165, 1.54) is 0 Å². The predicted molar refractivity (Wildman–Crippen MR) is 59.5 cm³/mol. The highest BCUT2D eigenvalue weighted by Crippen LogP contribution is 2.24. The molecule has 4 nitrogen and oxygen atoms in total. The van der Waals surface area contributed by atoms with Gasteiger partial charge in [0.2, 0.25) is 0 Å². The average molecular weight is 319 g/mol. The summed E-state index contributed by atoms with van der Waals surface area (Å²) in [4.78, 5) is 8.13. The number of anilines is 1. The summed E-state index contributed by atoms with van der Waals surface area (Å²) >= 11 is 6.42. The van der Waals surface area contributed by atoms with E-state index < -0.39 is 0 Å². The lowest BCUT2D eigenvalue weighted by molar-refractivity contribution is 0.551. The highest BCUT2D eigenvalue weighted by atomic mass is 79.9. The summed E-state index contributed by atoms with van der Waals surface area (Å²) in [5, 5.41) is 0. The van der Waals surface area contributed by atoms with Crippen molar-refractivity contribution in [2.45, 2.75) is 0 Å². The van der Waals surface area contributed by atoms with E-state index in [2.05, 4.69) is 41.8 Å². The van der Waals surface area contributed by atoms with E-state index >= 15 is 0 Å². The first-order valence-electron chi connectivity index (χ1n) is 3.70. The third-order valence-electron chi connectivity index (χ3n) is 1.56. The molecule has 0 saturated carbocycles. The van der Waals surface area contributed by atoms with Crippen LogP contribution < -0.4 is 5.73 Å². The second kappa shape index (κ2) is 3.70. The zero-order chi connectivity index (χ0) is 10.1. The van der Waals surface area contributed by atoms with E-state index in [-0.39, 0.29) is 0 Å². The molecule has 0 radical (unpaired) electrons. The van der Waals surface area contributed by atoms with Crippen molar-refractivity contribution >= 4 is 37.7 Å². The van der Waals surface area contributed by atoms with Gasteiger partial charge in [-0.05, 0) is 44.0 Å². The molecule has 0 saturated heterocycles. The fraction of sp³-hybridized carbons (Fsp3) is 0. The number of rotatable bonds is 1. The lowest BCUT2D eigenvalue weighted by Gasteiger charge is -1.98. The van der Waals surface area contributed by atoms with Crippen LogP contribution in [0.15, 0.2) is 31.9 Å². The maximum Gasteiger partial charge on any atom is 0.197 e. The Bertz CT molecular complexity index is 469. The largest absolute Gasteiger partial charge is 0.446 e. The molecule has 0 aliphatic heterocycles.